The average molecular weight is 204 g/mol. The van der Waals surface area contributed by atoms with Crippen LogP contribution < -0.4 is 10.7 Å². The first-order chi connectivity index (χ1) is 7.34. The van der Waals surface area contributed by atoms with Crippen LogP contribution in [0.4, 0.5) is 5.82 Å². The summed E-state index contributed by atoms with van der Waals surface area (Å²) >= 11 is 0. The fourth-order valence-electron chi connectivity index (χ4n) is 1.27. The molecule has 8 nitrogen and oxygen atoms in total. The third kappa shape index (κ3) is 1.11. The molecular weight excluding hydrogens is 198 g/mol. The van der Waals surface area contributed by atoms with Crippen LogP contribution in [0.1, 0.15) is 0 Å². The summed E-state index contributed by atoms with van der Waals surface area (Å²) in [6.07, 6.45) is 3.28. The van der Waals surface area contributed by atoms with Gasteiger partial charge in [-0.25, -0.2) is 9.61 Å². The summed E-state index contributed by atoms with van der Waals surface area (Å²) in [7, 11) is 0. The topological polar surface area (TPSA) is 121 Å². The Balaban J connectivity index is 2.24. The highest BCUT2D eigenvalue weighted by Gasteiger charge is 2.15. The first kappa shape index (κ1) is 7.85. The second kappa shape index (κ2) is 2.74. The zero-order chi connectivity index (χ0) is 10.3. The van der Waals surface area contributed by atoms with E-state index in [0.29, 0.717) is 17.2 Å². The number of anilines is 1. The Hall–Kier alpha value is -2.51. The number of aromatic amines is 2. The van der Waals surface area contributed by atoms with Crippen molar-refractivity contribution in [2.75, 3.05) is 5.73 Å². The maximum absolute atomic E-state index is 5.54. The van der Waals surface area contributed by atoms with Crippen molar-refractivity contribution in [1.82, 2.24) is 25.3 Å². The molecule has 3 aromatic heterocycles. The summed E-state index contributed by atoms with van der Waals surface area (Å²) in [6.45, 7) is 0. The van der Waals surface area contributed by atoms with Crippen molar-refractivity contribution in [3.63, 3.8) is 0 Å². The molecule has 0 atom stereocenters. The van der Waals surface area contributed by atoms with Crippen LogP contribution >= 0.6 is 0 Å². The van der Waals surface area contributed by atoms with Crippen LogP contribution in [0.15, 0.2) is 17.2 Å². The molecule has 0 radical (unpaired) electrons. The SMILES string of the molecule is Nc1nonc1-c1nc2nc[nH+]cc2[nH]1. The molecule has 0 aliphatic heterocycles. The highest BCUT2D eigenvalue weighted by Crippen LogP contribution is 2.20. The number of hydrogen-bond acceptors (Lipinski definition) is 6. The second-order valence-electron chi connectivity index (χ2n) is 2.89. The third-order valence-electron chi connectivity index (χ3n) is 1.94. The predicted molar refractivity (Wildman–Crippen MR) is 48.1 cm³/mol. The summed E-state index contributed by atoms with van der Waals surface area (Å²) < 4.78 is 4.48. The molecule has 4 N–H and O–H groups in total. The largest absolute Gasteiger partial charge is 0.379 e. The second-order valence-corrected chi connectivity index (χ2v) is 2.89. The number of aromatic nitrogens is 6. The smallest absolute Gasteiger partial charge is 0.295 e. The fraction of sp³-hybridized carbons (Fsp3) is 0. The van der Waals surface area contributed by atoms with E-state index >= 15 is 0 Å². The monoisotopic (exact) mass is 204 g/mol. The van der Waals surface area contributed by atoms with Crippen LogP contribution in [0.2, 0.25) is 0 Å². The lowest BCUT2D eigenvalue weighted by molar-refractivity contribution is -0.380. The van der Waals surface area contributed by atoms with E-state index in [-0.39, 0.29) is 5.82 Å². The van der Waals surface area contributed by atoms with Gasteiger partial charge in [-0.15, -0.1) is 0 Å². The summed E-state index contributed by atoms with van der Waals surface area (Å²) in [5.74, 6) is 0.675. The summed E-state index contributed by atoms with van der Waals surface area (Å²) in [4.78, 5) is 14.0. The van der Waals surface area contributed by atoms with Crippen molar-refractivity contribution in [1.29, 1.82) is 0 Å². The van der Waals surface area contributed by atoms with Crippen molar-refractivity contribution in [2.24, 2.45) is 0 Å². The van der Waals surface area contributed by atoms with E-state index in [2.05, 4.69) is 34.9 Å². The normalized spacial score (nSPS) is 10.9. The molecule has 3 rings (SSSR count). The number of imidazole rings is 1. The number of nitrogen functional groups attached to an aromatic ring is 1. The highest BCUT2D eigenvalue weighted by molar-refractivity contribution is 5.75. The summed E-state index contributed by atoms with van der Waals surface area (Å²) in [5, 5.41) is 7.11. The maximum atomic E-state index is 5.54. The molecule has 0 saturated heterocycles. The molecule has 74 valence electrons. The van der Waals surface area contributed by atoms with Gasteiger partial charge in [0, 0.05) is 0 Å². The molecule has 0 saturated carbocycles. The van der Waals surface area contributed by atoms with Crippen LogP contribution in [0.3, 0.4) is 0 Å². The maximum Gasteiger partial charge on any atom is 0.295 e. The minimum absolute atomic E-state index is 0.193. The lowest BCUT2D eigenvalue weighted by atomic mass is 10.4. The number of H-pyrrole nitrogens is 2. The molecule has 0 aliphatic carbocycles. The molecule has 15 heavy (non-hydrogen) atoms. The van der Waals surface area contributed by atoms with E-state index in [9.17, 15) is 0 Å². The van der Waals surface area contributed by atoms with Crippen LogP contribution in [0.25, 0.3) is 22.7 Å². The predicted octanol–water partition coefficient (Wildman–Crippen LogP) is -0.596. The Morgan fingerprint density at radius 2 is 2.33 bits per heavy atom. The molecule has 3 heterocycles. The van der Waals surface area contributed by atoms with Gasteiger partial charge in [-0.05, 0) is 15.3 Å². The molecule has 0 aliphatic rings. The molecule has 0 bridgehead atoms. The van der Waals surface area contributed by atoms with Gasteiger partial charge in [0.1, 0.15) is 6.20 Å². The molecule has 0 unspecified atom stereocenters. The molecular formula is C7H6N7O+. The van der Waals surface area contributed by atoms with E-state index in [4.69, 9.17) is 5.73 Å². The molecule has 0 aromatic carbocycles. The van der Waals surface area contributed by atoms with Crippen molar-refractivity contribution < 1.29 is 9.61 Å². The Morgan fingerprint density at radius 3 is 3.07 bits per heavy atom. The zero-order valence-electron chi connectivity index (χ0n) is 7.43. The summed E-state index contributed by atoms with van der Waals surface area (Å²) in [5.41, 5.74) is 7.26. The first-order valence-corrected chi connectivity index (χ1v) is 4.15. The average Bonchev–Trinajstić information content (AvgIpc) is 2.82. The summed E-state index contributed by atoms with van der Waals surface area (Å²) in [6, 6.07) is 0. The van der Waals surface area contributed by atoms with Crippen LogP contribution in [0, 0.1) is 0 Å². The molecule has 0 spiro atoms. The van der Waals surface area contributed by atoms with Crippen molar-refractivity contribution in [3.8, 4) is 11.5 Å². The molecule has 0 fully saturated rings. The van der Waals surface area contributed by atoms with Gasteiger partial charge in [0.25, 0.3) is 12.0 Å². The van der Waals surface area contributed by atoms with Crippen LogP contribution in [0.5, 0.6) is 0 Å². The van der Waals surface area contributed by atoms with Gasteiger partial charge >= 0.3 is 0 Å². The van der Waals surface area contributed by atoms with Crippen LogP contribution in [-0.2, 0) is 0 Å². The van der Waals surface area contributed by atoms with Crippen molar-refractivity contribution >= 4 is 17.0 Å². The Kier molecular flexibility index (Phi) is 1.43. The Morgan fingerprint density at radius 1 is 1.40 bits per heavy atom. The number of nitrogens with zero attached hydrogens (tertiary/aromatic N) is 4. The van der Waals surface area contributed by atoms with E-state index in [1.54, 1.807) is 6.20 Å². The zero-order valence-corrected chi connectivity index (χ0v) is 7.43. The van der Waals surface area contributed by atoms with Gasteiger partial charge in [-0.2, -0.15) is 4.98 Å². The quantitative estimate of drug-likeness (QED) is 0.546. The number of nitrogens with one attached hydrogen (secondary N) is 2. The van der Waals surface area contributed by atoms with E-state index in [1.807, 2.05) is 0 Å². The number of rotatable bonds is 1. The van der Waals surface area contributed by atoms with E-state index in [1.165, 1.54) is 6.33 Å². The number of nitrogens with two attached hydrogens (primary N) is 1. The van der Waals surface area contributed by atoms with Crippen LogP contribution in [-0.4, -0.2) is 25.3 Å². The molecule has 3 aromatic rings. The number of fused-ring (bicyclic) bond motifs is 1. The van der Waals surface area contributed by atoms with Crippen molar-refractivity contribution in [2.45, 2.75) is 0 Å². The Labute approximate surface area is 82.5 Å². The van der Waals surface area contributed by atoms with Gasteiger partial charge in [-0.1, -0.05) is 0 Å². The third-order valence-corrected chi connectivity index (χ3v) is 1.94. The minimum atomic E-state index is 0.193. The first-order valence-electron chi connectivity index (χ1n) is 4.15. The van der Waals surface area contributed by atoms with E-state index < -0.39 is 0 Å². The van der Waals surface area contributed by atoms with Crippen molar-refractivity contribution in [3.05, 3.63) is 12.5 Å². The van der Waals surface area contributed by atoms with Gasteiger partial charge in [0.05, 0.1) is 0 Å². The van der Waals surface area contributed by atoms with Gasteiger partial charge in [0.15, 0.2) is 22.9 Å². The number of hydrogen-bond donors (Lipinski definition) is 2. The van der Waals surface area contributed by atoms with E-state index in [0.717, 1.165) is 5.52 Å². The molecule has 0 amide bonds. The van der Waals surface area contributed by atoms with Gasteiger partial charge in [0.2, 0.25) is 0 Å². The van der Waals surface area contributed by atoms with Gasteiger partial charge < -0.3 is 10.7 Å². The fourth-order valence-corrected chi connectivity index (χ4v) is 1.27. The highest BCUT2D eigenvalue weighted by atomic mass is 16.6. The standard InChI is InChI=1S/C7H5N7O/c8-5-4(13-15-14-5)7-11-3-1-9-2-10-6(3)12-7/h1-2H,(H2,8,14)(H,9,10,11,12)/p+1. The lowest BCUT2D eigenvalue weighted by Gasteiger charge is -1.85. The lowest BCUT2D eigenvalue weighted by Crippen LogP contribution is -1.99. The Bertz CT molecular complexity index is 579. The van der Waals surface area contributed by atoms with Gasteiger partial charge in [-0.3, -0.25) is 0 Å². The minimum Gasteiger partial charge on any atom is -0.379 e. The molecule has 8 heteroatoms.